The van der Waals surface area contributed by atoms with E-state index in [-0.39, 0.29) is 18.4 Å². The highest BCUT2D eigenvalue weighted by Gasteiger charge is 2.38. The van der Waals surface area contributed by atoms with Crippen LogP contribution in [-0.2, 0) is 10.0 Å². The van der Waals surface area contributed by atoms with Gasteiger partial charge in [-0.25, -0.2) is 8.42 Å². The first kappa shape index (κ1) is 18.4. The average Bonchev–Trinajstić information content (AvgIpc) is 3.24. The minimum absolute atomic E-state index is 0. The van der Waals surface area contributed by atoms with E-state index in [0.29, 0.717) is 23.3 Å². The summed E-state index contributed by atoms with van der Waals surface area (Å²) in [6, 6.07) is 7.09. The molecule has 0 spiro atoms. The Morgan fingerprint density at radius 2 is 1.76 bits per heavy atom. The van der Waals surface area contributed by atoms with Gasteiger partial charge >= 0.3 is 0 Å². The third kappa shape index (κ3) is 3.97. The Balaban J connectivity index is 0.00000220. The lowest BCUT2D eigenvalue weighted by Crippen LogP contribution is -2.43. The molecule has 0 aliphatic heterocycles. The summed E-state index contributed by atoms with van der Waals surface area (Å²) in [5.74, 6) is 0.822. The summed E-state index contributed by atoms with van der Waals surface area (Å²) in [7, 11) is -1.80. The fraction of sp³-hybridized carbons (Fsp3) is 0.600. The molecule has 2 N–H and O–H groups in total. The molecule has 0 bridgehead atoms. The van der Waals surface area contributed by atoms with Crippen molar-refractivity contribution in [1.29, 1.82) is 0 Å². The number of likely N-dealkylation sites (N-methyl/N-ethyl adjacent to an activating group) is 1. The fourth-order valence-corrected chi connectivity index (χ4v) is 3.92. The second-order valence-corrected chi connectivity index (χ2v) is 7.88. The number of hydrogen-bond acceptors (Lipinski definition) is 3. The predicted octanol–water partition coefficient (Wildman–Crippen LogP) is 2.59. The first-order valence-corrected chi connectivity index (χ1v) is 8.60. The summed E-state index contributed by atoms with van der Waals surface area (Å²) in [5.41, 5.74) is 6.89. The van der Waals surface area contributed by atoms with Gasteiger partial charge in [0.1, 0.15) is 0 Å². The maximum Gasteiger partial charge on any atom is 0.243 e. The Morgan fingerprint density at radius 1 is 1.24 bits per heavy atom. The lowest BCUT2D eigenvalue weighted by atomic mass is 10.0. The number of hydrogen-bond donors (Lipinski definition) is 1. The number of benzene rings is 1. The van der Waals surface area contributed by atoms with Crippen LogP contribution in [0.5, 0.6) is 0 Å². The number of halogens is 1. The SMILES string of the molecule is CC(C)c1ccc(S(=O)(=O)N(C)C(CN)C2CC2)cc1.Cl. The minimum Gasteiger partial charge on any atom is -0.329 e. The molecule has 120 valence electrons. The standard InChI is InChI=1S/C15H24N2O2S.ClH/c1-11(2)12-6-8-14(9-7-12)20(18,19)17(3)15(10-16)13-4-5-13;/h6-9,11,13,15H,4-5,10,16H2,1-3H3;1H. The molecule has 1 unspecified atom stereocenters. The van der Waals surface area contributed by atoms with Gasteiger partial charge in [0.25, 0.3) is 0 Å². The van der Waals surface area contributed by atoms with Gasteiger partial charge in [0.2, 0.25) is 10.0 Å². The van der Waals surface area contributed by atoms with E-state index in [4.69, 9.17) is 5.73 Å². The maximum absolute atomic E-state index is 12.6. The van der Waals surface area contributed by atoms with Gasteiger partial charge in [-0.15, -0.1) is 12.4 Å². The van der Waals surface area contributed by atoms with E-state index in [2.05, 4.69) is 13.8 Å². The lowest BCUT2D eigenvalue weighted by Gasteiger charge is -2.26. The Bertz CT molecular complexity index is 554. The largest absolute Gasteiger partial charge is 0.329 e. The van der Waals surface area contributed by atoms with Crippen molar-refractivity contribution in [1.82, 2.24) is 4.31 Å². The summed E-state index contributed by atoms with van der Waals surface area (Å²) in [5, 5.41) is 0. The van der Waals surface area contributed by atoms with Crippen LogP contribution in [0.1, 0.15) is 38.2 Å². The van der Waals surface area contributed by atoms with Crippen LogP contribution in [0, 0.1) is 5.92 Å². The van der Waals surface area contributed by atoms with Gasteiger partial charge in [0.15, 0.2) is 0 Å². The molecule has 0 saturated heterocycles. The molecule has 0 amide bonds. The highest BCUT2D eigenvalue weighted by molar-refractivity contribution is 7.89. The van der Waals surface area contributed by atoms with Gasteiger partial charge in [-0.2, -0.15) is 4.31 Å². The van der Waals surface area contributed by atoms with E-state index < -0.39 is 10.0 Å². The second-order valence-electron chi connectivity index (χ2n) is 5.89. The minimum atomic E-state index is -3.44. The van der Waals surface area contributed by atoms with Crippen molar-refractivity contribution in [2.24, 2.45) is 11.7 Å². The van der Waals surface area contributed by atoms with E-state index >= 15 is 0 Å². The van der Waals surface area contributed by atoms with E-state index in [0.717, 1.165) is 18.4 Å². The molecule has 1 atom stereocenters. The first-order valence-electron chi connectivity index (χ1n) is 7.16. The van der Waals surface area contributed by atoms with E-state index in [1.165, 1.54) is 4.31 Å². The van der Waals surface area contributed by atoms with Crippen molar-refractivity contribution in [3.63, 3.8) is 0 Å². The molecule has 4 nitrogen and oxygen atoms in total. The lowest BCUT2D eigenvalue weighted by molar-refractivity contribution is 0.340. The van der Waals surface area contributed by atoms with E-state index in [1.807, 2.05) is 12.1 Å². The van der Waals surface area contributed by atoms with Gasteiger partial charge in [-0.3, -0.25) is 0 Å². The van der Waals surface area contributed by atoms with Crippen LogP contribution in [0.15, 0.2) is 29.2 Å². The Morgan fingerprint density at radius 3 is 2.14 bits per heavy atom. The molecular formula is C15H25ClN2O2S. The third-order valence-electron chi connectivity index (χ3n) is 4.10. The normalized spacial score (nSPS) is 16.9. The zero-order chi connectivity index (χ0) is 14.9. The summed E-state index contributed by atoms with van der Waals surface area (Å²) in [6.45, 7) is 4.56. The van der Waals surface area contributed by atoms with Crippen LogP contribution in [-0.4, -0.2) is 32.4 Å². The molecule has 6 heteroatoms. The van der Waals surface area contributed by atoms with E-state index in [1.54, 1.807) is 19.2 Å². The summed E-state index contributed by atoms with van der Waals surface area (Å²) >= 11 is 0. The van der Waals surface area contributed by atoms with Crippen LogP contribution >= 0.6 is 12.4 Å². The number of nitrogens with two attached hydrogens (primary N) is 1. The molecular weight excluding hydrogens is 308 g/mol. The van der Waals surface area contributed by atoms with Crippen LogP contribution in [0.4, 0.5) is 0 Å². The van der Waals surface area contributed by atoms with Gasteiger partial charge in [-0.05, 0) is 42.4 Å². The van der Waals surface area contributed by atoms with Crippen molar-refractivity contribution < 1.29 is 8.42 Å². The van der Waals surface area contributed by atoms with Gasteiger partial charge in [0, 0.05) is 19.6 Å². The maximum atomic E-state index is 12.6. The molecule has 0 radical (unpaired) electrons. The highest BCUT2D eigenvalue weighted by Crippen LogP contribution is 2.36. The van der Waals surface area contributed by atoms with Crippen molar-refractivity contribution in [2.45, 2.75) is 43.5 Å². The average molecular weight is 333 g/mol. The molecule has 1 aliphatic carbocycles. The van der Waals surface area contributed by atoms with Crippen molar-refractivity contribution >= 4 is 22.4 Å². The summed E-state index contributed by atoms with van der Waals surface area (Å²) in [4.78, 5) is 0.350. The van der Waals surface area contributed by atoms with E-state index in [9.17, 15) is 8.42 Å². The topological polar surface area (TPSA) is 63.4 Å². The first-order chi connectivity index (χ1) is 9.37. The molecule has 1 fully saturated rings. The summed E-state index contributed by atoms with van der Waals surface area (Å²) in [6.07, 6.45) is 2.15. The van der Waals surface area contributed by atoms with Gasteiger partial charge in [0.05, 0.1) is 4.90 Å². The van der Waals surface area contributed by atoms with Gasteiger partial charge in [-0.1, -0.05) is 26.0 Å². The molecule has 0 aromatic heterocycles. The Labute approximate surface area is 134 Å². The van der Waals surface area contributed by atoms with Crippen molar-refractivity contribution in [3.05, 3.63) is 29.8 Å². The zero-order valence-electron chi connectivity index (χ0n) is 12.8. The quantitative estimate of drug-likeness (QED) is 0.870. The number of rotatable bonds is 6. The molecule has 1 aromatic carbocycles. The Hall–Kier alpha value is -0.620. The fourth-order valence-electron chi connectivity index (χ4n) is 2.49. The van der Waals surface area contributed by atoms with Gasteiger partial charge < -0.3 is 5.73 Å². The van der Waals surface area contributed by atoms with Crippen molar-refractivity contribution in [3.8, 4) is 0 Å². The summed E-state index contributed by atoms with van der Waals surface area (Å²) < 4.78 is 26.7. The second kappa shape index (κ2) is 7.09. The van der Waals surface area contributed by atoms with Crippen LogP contribution in [0.25, 0.3) is 0 Å². The monoisotopic (exact) mass is 332 g/mol. The molecule has 1 aliphatic rings. The zero-order valence-corrected chi connectivity index (χ0v) is 14.5. The van der Waals surface area contributed by atoms with Crippen LogP contribution < -0.4 is 5.73 Å². The van der Waals surface area contributed by atoms with Crippen LogP contribution in [0.2, 0.25) is 0 Å². The Kier molecular flexibility index (Phi) is 6.23. The molecule has 1 aromatic rings. The molecule has 1 saturated carbocycles. The highest BCUT2D eigenvalue weighted by atomic mass is 35.5. The molecule has 21 heavy (non-hydrogen) atoms. The third-order valence-corrected chi connectivity index (χ3v) is 6.00. The van der Waals surface area contributed by atoms with Crippen LogP contribution in [0.3, 0.4) is 0 Å². The van der Waals surface area contributed by atoms with Crippen molar-refractivity contribution in [2.75, 3.05) is 13.6 Å². The molecule has 0 heterocycles. The predicted molar refractivity (Wildman–Crippen MR) is 88.3 cm³/mol. The number of nitrogens with zero attached hydrogens (tertiary/aromatic N) is 1. The number of sulfonamides is 1. The smallest absolute Gasteiger partial charge is 0.243 e. The molecule has 2 rings (SSSR count).